The molecule has 0 aliphatic rings. The number of methoxy groups -OCH3 is 2. The molecule has 28 heavy (non-hydrogen) atoms. The third-order valence-electron chi connectivity index (χ3n) is 3.83. The first-order valence-corrected chi connectivity index (χ1v) is 9.61. The number of hydrogen-bond donors (Lipinski definition) is 1. The fraction of sp³-hybridized carbons (Fsp3) is 0.211. The fourth-order valence-electron chi connectivity index (χ4n) is 2.35. The lowest BCUT2D eigenvalue weighted by Crippen LogP contribution is -2.14. The van der Waals surface area contributed by atoms with E-state index in [1.807, 2.05) is 13.0 Å². The Labute approximate surface area is 171 Å². The van der Waals surface area contributed by atoms with Gasteiger partial charge in [-0.3, -0.25) is 4.79 Å². The standard InChI is InChI=1S/C19H18ClN3O4S/c1-11-4-5-12(8-15(11)20)21-17(24)10-28-19-23-22-18(27-19)14-7-6-13(25-2)9-16(14)26-3/h4-9H,10H2,1-3H3,(H,21,24). The second-order valence-electron chi connectivity index (χ2n) is 5.74. The van der Waals surface area contributed by atoms with Crippen molar-refractivity contribution < 1.29 is 18.7 Å². The summed E-state index contributed by atoms with van der Waals surface area (Å²) in [6.07, 6.45) is 0. The molecule has 0 aliphatic carbocycles. The Hall–Kier alpha value is -2.71. The highest BCUT2D eigenvalue weighted by Gasteiger charge is 2.16. The maximum absolute atomic E-state index is 12.1. The lowest BCUT2D eigenvalue weighted by Gasteiger charge is -2.07. The van der Waals surface area contributed by atoms with Gasteiger partial charge in [-0.25, -0.2) is 0 Å². The van der Waals surface area contributed by atoms with Crippen molar-refractivity contribution in [3.05, 3.63) is 47.0 Å². The summed E-state index contributed by atoms with van der Waals surface area (Å²) in [5.41, 5.74) is 2.22. The summed E-state index contributed by atoms with van der Waals surface area (Å²) in [5.74, 6) is 1.42. The zero-order valence-electron chi connectivity index (χ0n) is 15.5. The number of halogens is 1. The molecular formula is C19H18ClN3O4S. The summed E-state index contributed by atoms with van der Waals surface area (Å²) < 4.78 is 16.2. The first-order valence-electron chi connectivity index (χ1n) is 8.25. The van der Waals surface area contributed by atoms with E-state index in [-0.39, 0.29) is 16.9 Å². The van der Waals surface area contributed by atoms with Gasteiger partial charge in [0.1, 0.15) is 11.5 Å². The van der Waals surface area contributed by atoms with Gasteiger partial charge >= 0.3 is 0 Å². The number of hydrogen-bond acceptors (Lipinski definition) is 7. The van der Waals surface area contributed by atoms with Gasteiger partial charge < -0.3 is 19.2 Å². The zero-order valence-corrected chi connectivity index (χ0v) is 17.1. The number of aromatic nitrogens is 2. The summed E-state index contributed by atoms with van der Waals surface area (Å²) >= 11 is 7.21. The third kappa shape index (κ3) is 4.76. The molecule has 146 valence electrons. The first kappa shape index (κ1) is 20.0. The highest BCUT2D eigenvalue weighted by Crippen LogP contribution is 2.33. The Morgan fingerprint density at radius 2 is 2.00 bits per heavy atom. The van der Waals surface area contributed by atoms with Crippen LogP contribution in [0.3, 0.4) is 0 Å². The quantitative estimate of drug-likeness (QED) is 0.566. The van der Waals surface area contributed by atoms with Gasteiger partial charge in [0.05, 0.1) is 25.5 Å². The number of nitrogens with one attached hydrogen (secondary N) is 1. The summed E-state index contributed by atoms with van der Waals surface area (Å²) in [4.78, 5) is 12.1. The van der Waals surface area contributed by atoms with E-state index in [4.69, 9.17) is 25.5 Å². The van der Waals surface area contributed by atoms with E-state index < -0.39 is 0 Å². The number of ether oxygens (including phenoxy) is 2. The summed E-state index contributed by atoms with van der Waals surface area (Å²) in [5, 5.41) is 11.7. The molecule has 1 N–H and O–H groups in total. The van der Waals surface area contributed by atoms with Crippen LogP contribution in [-0.4, -0.2) is 36.1 Å². The van der Waals surface area contributed by atoms with Crippen molar-refractivity contribution in [1.82, 2.24) is 10.2 Å². The van der Waals surface area contributed by atoms with E-state index in [1.54, 1.807) is 44.6 Å². The average molecular weight is 420 g/mol. The van der Waals surface area contributed by atoms with Crippen molar-refractivity contribution in [2.24, 2.45) is 0 Å². The van der Waals surface area contributed by atoms with E-state index in [0.29, 0.717) is 33.7 Å². The highest BCUT2D eigenvalue weighted by atomic mass is 35.5. The molecule has 0 saturated carbocycles. The number of aryl methyl sites for hydroxylation is 1. The van der Waals surface area contributed by atoms with E-state index in [2.05, 4.69) is 15.5 Å². The van der Waals surface area contributed by atoms with E-state index in [1.165, 1.54) is 0 Å². The maximum Gasteiger partial charge on any atom is 0.277 e. The smallest absolute Gasteiger partial charge is 0.277 e. The van der Waals surface area contributed by atoms with Crippen LogP contribution in [0.5, 0.6) is 11.5 Å². The van der Waals surface area contributed by atoms with Crippen LogP contribution in [-0.2, 0) is 4.79 Å². The molecule has 1 aromatic heterocycles. The van der Waals surface area contributed by atoms with Crippen LogP contribution in [0.1, 0.15) is 5.56 Å². The van der Waals surface area contributed by atoms with Crippen LogP contribution in [0.25, 0.3) is 11.5 Å². The van der Waals surface area contributed by atoms with Gasteiger partial charge in [0.25, 0.3) is 11.1 Å². The predicted molar refractivity (Wildman–Crippen MR) is 108 cm³/mol. The van der Waals surface area contributed by atoms with E-state index in [9.17, 15) is 4.79 Å². The zero-order chi connectivity index (χ0) is 20.1. The van der Waals surface area contributed by atoms with Gasteiger partial charge in [-0.1, -0.05) is 29.4 Å². The molecule has 7 nitrogen and oxygen atoms in total. The normalized spacial score (nSPS) is 10.6. The van der Waals surface area contributed by atoms with Gasteiger partial charge in [0.2, 0.25) is 5.91 Å². The summed E-state index contributed by atoms with van der Waals surface area (Å²) in [7, 11) is 3.12. The molecule has 0 aliphatic heterocycles. The molecule has 0 atom stereocenters. The molecule has 2 aromatic carbocycles. The third-order valence-corrected chi connectivity index (χ3v) is 5.05. The van der Waals surface area contributed by atoms with Crippen LogP contribution < -0.4 is 14.8 Å². The number of thioether (sulfide) groups is 1. The number of amides is 1. The van der Waals surface area contributed by atoms with Crippen molar-refractivity contribution in [2.75, 3.05) is 25.3 Å². The second kappa shape index (κ2) is 8.99. The van der Waals surface area contributed by atoms with E-state index >= 15 is 0 Å². The SMILES string of the molecule is COc1ccc(-c2nnc(SCC(=O)Nc3ccc(C)c(Cl)c3)o2)c(OC)c1. The molecule has 3 aromatic rings. The minimum absolute atomic E-state index is 0.118. The van der Waals surface area contributed by atoms with Crippen LogP contribution >= 0.6 is 23.4 Å². The Morgan fingerprint density at radius 1 is 1.18 bits per heavy atom. The molecule has 3 rings (SSSR count). The minimum Gasteiger partial charge on any atom is -0.497 e. The topological polar surface area (TPSA) is 86.5 Å². The van der Waals surface area contributed by atoms with Gasteiger partial charge in [-0.2, -0.15) is 0 Å². The molecule has 1 amide bonds. The molecule has 9 heteroatoms. The van der Waals surface area contributed by atoms with Crippen LogP contribution in [0.2, 0.25) is 5.02 Å². The number of carbonyl (C=O) groups is 1. The Morgan fingerprint density at radius 3 is 2.71 bits per heavy atom. The molecule has 0 radical (unpaired) electrons. The highest BCUT2D eigenvalue weighted by molar-refractivity contribution is 7.99. The van der Waals surface area contributed by atoms with Crippen molar-refractivity contribution in [3.63, 3.8) is 0 Å². The van der Waals surface area contributed by atoms with E-state index in [0.717, 1.165) is 17.3 Å². The van der Waals surface area contributed by atoms with Crippen molar-refractivity contribution in [3.8, 4) is 23.0 Å². The molecule has 0 bridgehead atoms. The molecule has 1 heterocycles. The number of anilines is 1. The Balaban J connectivity index is 1.63. The maximum atomic E-state index is 12.1. The molecule has 0 spiro atoms. The van der Waals surface area contributed by atoms with Crippen LogP contribution in [0, 0.1) is 6.92 Å². The largest absolute Gasteiger partial charge is 0.497 e. The monoisotopic (exact) mass is 419 g/mol. The summed E-state index contributed by atoms with van der Waals surface area (Å²) in [6.45, 7) is 1.90. The lowest BCUT2D eigenvalue weighted by atomic mass is 10.2. The second-order valence-corrected chi connectivity index (χ2v) is 7.07. The number of nitrogens with zero attached hydrogens (tertiary/aromatic N) is 2. The minimum atomic E-state index is -0.202. The fourth-order valence-corrected chi connectivity index (χ4v) is 3.09. The van der Waals surface area contributed by atoms with Gasteiger partial charge in [0.15, 0.2) is 0 Å². The van der Waals surface area contributed by atoms with Crippen LogP contribution in [0.15, 0.2) is 46.0 Å². The number of benzene rings is 2. The molecule has 0 unspecified atom stereocenters. The number of carbonyl (C=O) groups excluding carboxylic acids is 1. The predicted octanol–water partition coefficient (Wildman–Crippen LogP) is 4.45. The Bertz CT molecular complexity index is 993. The van der Waals surface area contributed by atoms with Crippen LogP contribution in [0.4, 0.5) is 5.69 Å². The summed E-state index contributed by atoms with van der Waals surface area (Å²) in [6, 6.07) is 10.6. The van der Waals surface area contributed by atoms with Crippen molar-refractivity contribution in [2.45, 2.75) is 12.1 Å². The Kier molecular flexibility index (Phi) is 6.43. The molecule has 0 fully saturated rings. The number of rotatable bonds is 7. The lowest BCUT2D eigenvalue weighted by molar-refractivity contribution is -0.113. The average Bonchev–Trinajstić information content (AvgIpc) is 3.17. The van der Waals surface area contributed by atoms with Crippen molar-refractivity contribution >= 4 is 35.0 Å². The van der Waals surface area contributed by atoms with Gasteiger partial charge in [-0.05, 0) is 36.8 Å². The molecular weight excluding hydrogens is 402 g/mol. The van der Waals surface area contributed by atoms with Gasteiger partial charge in [-0.15, -0.1) is 10.2 Å². The van der Waals surface area contributed by atoms with Gasteiger partial charge in [0, 0.05) is 16.8 Å². The first-order chi connectivity index (χ1) is 13.5. The molecule has 0 saturated heterocycles. The van der Waals surface area contributed by atoms with Crippen molar-refractivity contribution in [1.29, 1.82) is 0 Å².